The van der Waals surface area contributed by atoms with Crippen molar-refractivity contribution >= 4 is 16.9 Å². The second-order valence-corrected chi connectivity index (χ2v) is 7.53. The molecular weight excluding hydrogens is 370 g/mol. The maximum atomic E-state index is 13.3. The number of aromatic nitrogens is 1. The van der Waals surface area contributed by atoms with Crippen LogP contribution >= 0.6 is 0 Å². The van der Waals surface area contributed by atoms with Gasteiger partial charge in [-0.3, -0.25) is 9.59 Å². The minimum Gasteiger partial charge on any atom is -0.497 e. The Bertz CT molecular complexity index is 885. The number of esters is 1. The second kappa shape index (κ2) is 10.9. The third-order valence-corrected chi connectivity index (χ3v) is 4.72. The molecule has 0 bridgehead atoms. The van der Waals surface area contributed by atoms with Gasteiger partial charge in [0.25, 0.3) is 5.56 Å². The van der Waals surface area contributed by atoms with Crippen molar-refractivity contribution in [2.75, 3.05) is 7.11 Å². The van der Waals surface area contributed by atoms with Gasteiger partial charge < -0.3 is 18.8 Å². The number of carbonyl (C=O) groups is 1. The Balaban J connectivity index is 2.53. The van der Waals surface area contributed by atoms with Crippen molar-refractivity contribution in [3.05, 3.63) is 28.6 Å². The van der Waals surface area contributed by atoms with Gasteiger partial charge in [0.15, 0.2) is 5.75 Å². The van der Waals surface area contributed by atoms with Gasteiger partial charge in [-0.2, -0.15) is 0 Å². The Hall–Kier alpha value is -2.50. The van der Waals surface area contributed by atoms with E-state index in [0.717, 1.165) is 30.2 Å². The van der Waals surface area contributed by atoms with Gasteiger partial charge in [-0.1, -0.05) is 39.0 Å². The summed E-state index contributed by atoms with van der Waals surface area (Å²) in [4.78, 5) is 24.9. The van der Waals surface area contributed by atoms with Crippen LogP contribution in [0, 0.1) is 0 Å². The molecule has 0 aliphatic rings. The number of benzene rings is 1. The zero-order valence-corrected chi connectivity index (χ0v) is 18.2. The molecule has 0 spiro atoms. The van der Waals surface area contributed by atoms with Crippen LogP contribution in [0.3, 0.4) is 0 Å². The van der Waals surface area contributed by atoms with Crippen LogP contribution in [0.4, 0.5) is 0 Å². The van der Waals surface area contributed by atoms with E-state index in [1.165, 1.54) is 26.2 Å². The molecule has 0 radical (unpaired) electrons. The Labute approximate surface area is 172 Å². The monoisotopic (exact) mass is 403 g/mol. The first-order valence-corrected chi connectivity index (χ1v) is 10.5. The van der Waals surface area contributed by atoms with Crippen molar-refractivity contribution in [2.45, 2.75) is 78.9 Å². The molecule has 0 aliphatic carbocycles. The van der Waals surface area contributed by atoms with Gasteiger partial charge in [0.1, 0.15) is 5.75 Å². The summed E-state index contributed by atoms with van der Waals surface area (Å²) in [6.07, 6.45) is 6.54. The zero-order chi connectivity index (χ0) is 21.4. The van der Waals surface area contributed by atoms with Gasteiger partial charge in [0.05, 0.1) is 18.7 Å². The van der Waals surface area contributed by atoms with Crippen LogP contribution in [0.15, 0.2) is 23.0 Å². The van der Waals surface area contributed by atoms with E-state index in [0.29, 0.717) is 18.0 Å². The van der Waals surface area contributed by atoms with Gasteiger partial charge in [-0.05, 0) is 32.4 Å². The van der Waals surface area contributed by atoms with E-state index in [1.54, 1.807) is 11.7 Å². The molecule has 1 heterocycles. The number of fused-ring (bicyclic) bond motifs is 1. The number of pyridine rings is 1. The van der Waals surface area contributed by atoms with Crippen LogP contribution in [0.5, 0.6) is 17.2 Å². The normalized spacial score (nSPS) is 11.1. The molecule has 0 fully saturated rings. The molecular formula is C23H33NO5. The molecule has 6 heteroatoms. The molecule has 160 valence electrons. The molecule has 0 N–H and O–H groups in total. The SMILES string of the molecule is CCCCCCCCn1c(=O)c(OC(C)=O)c(OC(C)C)c2ccc(OC)cc21. The Kier molecular flexibility index (Phi) is 8.55. The molecule has 0 amide bonds. The third-order valence-electron chi connectivity index (χ3n) is 4.72. The summed E-state index contributed by atoms with van der Waals surface area (Å²) in [5.41, 5.74) is 0.361. The summed E-state index contributed by atoms with van der Waals surface area (Å²) >= 11 is 0. The van der Waals surface area contributed by atoms with Crippen LogP contribution in [0.2, 0.25) is 0 Å². The second-order valence-electron chi connectivity index (χ2n) is 7.53. The number of hydrogen-bond acceptors (Lipinski definition) is 5. The number of ether oxygens (including phenoxy) is 3. The topological polar surface area (TPSA) is 66.8 Å². The Morgan fingerprint density at radius 2 is 1.76 bits per heavy atom. The fraction of sp³-hybridized carbons (Fsp3) is 0.565. The summed E-state index contributed by atoms with van der Waals surface area (Å²) in [5.74, 6) is 0.367. The van der Waals surface area contributed by atoms with E-state index in [1.807, 2.05) is 32.0 Å². The molecule has 0 saturated heterocycles. The molecule has 1 aromatic carbocycles. The van der Waals surface area contributed by atoms with E-state index in [9.17, 15) is 9.59 Å². The predicted molar refractivity (Wildman–Crippen MR) is 115 cm³/mol. The number of carbonyl (C=O) groups excluding carboxylic acids is 1. The van der Waals surface area contributed by atoms with Crippen LogP contribution in [-0.4, -0.2) is 23.8 Å². The molecule has 0 aliphatic heterocycles. The quantitative estimate of drug-likeness (QED) is 0.386. The molecule has 0 unspecified atom stereocenters. The van der Waals surface area contributed by atoms with Crippen molar-refractivity contribution in [1.82, 2.24) is 4.57 Å². The molecule has 0 saturated carbocycles. The lowest BCUT2D eigenvalue weighted by Crippen LogP contribution is -2.25. The van der Waals surface area contributed by atoms with Crippen LogP contribution in [0.1, 0.15) is 66.2 Å². The highest BCUT2D eigenvalue weighted by atomic mass is 16.6. The number of rotatable bonds is 11. The van der Waals surface area contributed by atoms with E-state index in [2.05, 4.69) is 6.92 Å². The minimum absolute atomic E-state index is 0.0464. The maximum absolute atomic E-state index is 13.3. The first kappa shape index (κ1) is 22.8. The van der Waals surface area contributed by atoms with E-state index in [-0.39, 0.29) is 17.4 Å². The Morgan fingerprint density at radius 1 is 1.07 bits per heavy atom. The van der Waals surface area contributed by atoms with E-state index < -0.39 is 5.97 Å². The third kappa shape index (κ3) is 5.99. The van der Waals surface area contributed by atoms with E-state index in [4.69, 9.17) is 14.2 Å². The number of nitrogens with zero attached hydrogens (tertiary/aromatic N) is 1. The fourth-order valence-electron chi connectivity index (χ4n) is 3.36. The highest BCUT2D eigenvalue weighted by Gasteiger charge is 2.22. The predicted octanol–water partition coefficient (Wildman–Crippen LogP) is 5.08. The summed E-state index contributed by atoms with van der Waals surface area (Å²) in [5, 5.41) is 0.723. The largest absolute Gasteiger partial charge is 0.497 e. The molecule has 0 atom stereocenters. The smallest absolute Gasteiger partial charge is 0.308 e. The van der Waals surface area contributed by atoms with Crippen molar-refractivity contribution in [2.24, 2.45) is 0 Å². The lowest BCUT2D eigenvalue weighted by molar-refractivity contribution is -0.132. The van der Waals surface area contributed by atoms with Crippen LogP contribution in [0.25, 0.3) is 10.9 Å². The van der Waals surface area contributed by atoms with Gasteiger partial charge >= 0.3 is 5.97 Å². The number of hydrogen-bond donors (Lipinski definition) is 0. The van der Waals surface area contributed by atoms with Crippen molar-refractivity contribution in [3.8, 4) is 17.2 Å². The van der Waals surface area contributed by atoms with Gasteiger partial charge in [-0.25, -0.2) is 0 Å². The average Bonchev–Trinajstić information content (AvgIpc) is 2.68. The summed E-state index contributed by atoms with van der Waals surface area (Å²) in [6.45, 7) is 7.76. The lowest BCUT2D eigenvalue weighted by atomic mass is 10.1. The number of unbranched alkanes of at least 4 members (excludes halogenated alkanes) is 5. The van der Waals surface area contributed by atoms with Crippen molar-refractivity contribution in [1.29, 1.82) is 0 Å². The first-order chi connectivity index (χ1) is 13.9. The summed E-state index contributed by atoms with van der Waals surface area (Å²) in [6, 6.07) is 5.49. The minimum atomic E-state index is -0.547. The van der Waals surface area contributed by atoms with Crippen molar-refractivity contribution < 1.29 is 19.0 Å². The molecule has 29 heavy (non-hydrogen) atoms. The van der Waals surface area contributed by atoms with Crippen LogP contribution < -0.4 is 19.8 Å². The molecule has 2 aromatic rings. The zero-order valence-electron chi connectivity index (χ0n) is 18.2. The lowest BCUT2D eigenvalue weighted by Gasteiger charge is -2.19. The first-order valence-electron chi connectivity index (χ1n) is 10.5. The van der Waals surface area contributed by atoms with Crippen LogP contribution in [-0.2, 0) is 11.3 Å². The maximum Gasteiger partial charge on any atom is 0.308 e. The highest BCUT2D eigenvalue weighted by molar-refractivity contribution is 5.90. The van der Waals surface area contributed by atoms with Gasteiger partial charge in [0.2, 0.25) is 5.75 Å². The summed E-state index contributed by atoms with van der Waals surface area (Å²) in [7, 11) is 1.59. The highest BCUT2D eigenvalue weighted by Crippen LogP contribution is 2.35. The fourth-order valence-corrected chi connectivity index (χ4v) is 3.36. The van der Waals surface area contributed by atoms with Gasteiger partial charge in [-0.15, -0.1) is 0 Å². The Morgan fingerprint density at radius 3 is 2.38 bits per heavy atom. The van der Waals surface area contributed by atoms with E-state index >= 15 is 0 Å². The number of methoxy groups -OCH3 is 1. The molecule has 2 rings (SSSR count). The number of aryl methyl sites for hydroxylation is 1. The standard InChI is InChI=1S/C23H33NO5/c1-6-7-8-9-10-11-14-24-20-15-18(27-5)12-13-19(20)21(28-16(2)3)22(23(24)26)29-17(4)25/h12-13,15-16H,6-11,14H2,1-5H3. The molecule has 1 aromatic heterocycles. The van der Waals surface area contributed by atoms with Crippen molar-refractivity contribution in [3.63, 3.8) is 0 Å². The summed E-state index contributed by atoms with van der Waals surface area (Å²) < 4.78 is 18.3. The van der Waals surface area contributed by atoms with Gasteiger partial charge in [0, 0.05) is 24.9 Å². The molecule has 6 nitrogen and oxygen atoms in total. The average molecular weight is 404 g/mol.